The zero-order valence-electron chi connectivity index (χ0n) is 14.4. The Morgan fingerprint density at radius 3 is 2.52 bits per heavy atom. The van der Waals surface area contributed by atoms with Gasteiger partial charge in [-0.2, -0.15) is 0 Å². The highest BCUT2D eigenvalue weighted by atomic mass is 19.1. The van der Waals surface area contributed by atoms with Gasteiger partial charge in [-0.25, -0.2) is 19.3 Å². The van der Waals surface area contributed by atoms with Crippen molar-refractivity contribution < 1.29 is 14.0 Å². The molecule has 0 radical (unpaired) electrons. The van der Waals surface area contributed by atoms with Gasteiger partial charge in [0.05, 0.1) is 12.0 Å². The van der Waals surface area contributed by atoms with Gasteiger partial charge in [0.15, 0.2) is 11.6 Å². The van der Waals surface area contributed by atoms with Crippen molar-refractivity contribution in [2.45, 2.75) is 19.1 Å². The molecule has 1 unspecified atom stereocenters. The third-order valence-electron chi connectivity index (χ3n) is 4.09. The van der Waals surface area contributed by atoms with Crippen molar-refractivity contribution in [3.05, 3.63) is 66.0 Å². The molecule has 25 heavy (non-hydrogen) atoms. The van der Waals surface area contributed by atoms with Crippen LogP contribution >= 0.6 is 0 Å². The van der Waals surface area contributed by atoms with Crippen LogP contribution in [0.15, 0.2) is 59.6 Å². The molecule has 0 aliphatic carbocycles. The second kappa shape index (κ2) is 6.64. The molecule has 0 saturated heterocycles. The molecule has 1 amide bonds. The van der Waals surface area contributed by atoms with Gasteiger partial charge in [-0.1, -0.05) is 30.3 Å². The maximum Gasteiger partial charge on any atom is 0.231 e. The molecule has 0 bridgehead atoms. The number of carbonyl (C=O) groups is 1. The van der Waals surface area contributed by atoms with Gasteiger partial charge in [0, 0.05) is 19.8 Å². The van der Waals surface area contributed by atoms with Gasteiger partial charge in [-0.3, -0.25) is 4.79 Å². The van der Waals surface area contributed by atoms with Crippen molar-refractivity contribution in [2.75, 3.05) is 19.0 Å². The van der Waals surface area contributed by atoms with Gasteiger partial charge < -0.3 is 4.90 Å². The summed E-state index contributed by atoms with van der Waals surface area (Å²) in [5.74, 6) is -0.148. The first-order chi connectivity index (χ1) is 11.9. The first-order valence-electron chi connectivity index (χ1n) is 7.99. The summed E-state index contributed by atoms with van der Waals surface area (Å²) in [4.78, 5) is 24.4. The predicted molar refractivity (Wildman–Crippen MR) is 94.7 cm³/mol. The normalized spacial score (nSPS) is 19.7. The summed E-state index contributed by atoms with van der Waals surface area (Å²) in [6, 6.07) is 15.7. The van der Waals surface area contributed by atoms with Crippen LogP contribution in [0.25, 0.3) is 0 Å². The Morgan fingerprint density at radius 1 is 1.20 bits per heavy atom. The van der Waals surface area contributed by atoms with E-state index >= 15 is 0 Å². The van der Waals surface area contributed by atoms with Gasteiger partial charge in [-0.15, -0.1) is 0 Å². The second-order valence-corrected chi connectivity index (χ2v) is 6.14. The quantitative estimate of drug-likeness (QED) is 0.858. The van der Waals surface area contributed by atoms with Crippen LogP contribution in [-0.2, 0) is 9.63 Å². The number of carbonyl (C=O) groups excluding carboxylic acids is 1. The summed E-state index contributed by atoms with van der Waals surface area (Å²) in [6.45, 7) is 1.72. The van der Waals surface area contributed by atoms with Crippen LogP contribution in [0.3, 0.4) is 0 Å². The summed E-state index contributed by atoms with van der Waals surface area (Å²) in [5.41, 5.74) is 0.0605. The molecule has 3 rings (SSSR count). The summed E-state index contributed by atoms with van der Waals surface area (Å²) in [5, 5.41) is 1.41. The van der Waals surface area contributed by atoms with Crippen molar-refractivity contribution in [1.82, 2.24) is 5.06 Å². The molecule has 2 aromatic rings. The Kier molecular flexibility index (Phi) is 4.55. The molecular formula is C19H20FN3O2. The molecule has 1 atom stereocenters. The number of amides is 1. The molecule has 1 aliphatic heterocycles. The van der Waals surface area contributed by atoms with Gasteiger partial charge in [0.25, 0.3) is 0 Å². The van der Waals surface area contributed by atoms with Crippen molar-refractivity contribution >= 4 is 17.4 Å². The van der Waals surface area contributed by atoms with Gasteiger partial charge in [0.1, 0.15) is 5.82 Å². The third-order valence-corrected chi connectivity index (χ3v) is 4.09. The fraction of sp³-hybridized carbons (Fsp3) is 0.263. The van der Waals surface area contributed by atoms with E-state index in [1.807, 2.05) is 30.3 Å². The number of benzene rings is 2. The number of rotatable bonds is 4. The van der Waals surface area contributed by atoms with E-state index in [1.54, 1.807) is 44.1 Å². The van der Waals surface area contributed by atoms with Crippen LogP contribution in [0.4, 0.5) is 10.1 Å². The van der Waals surface area contributed by atoms with Crippen LogP contribution in [0.5, 0.6) is 0 Å². The van der Waals surface area contributed by atoms with Crippen LogP contribution < -0.4 is 4.90 Å². The first-order valence-corrected chi connectivity index (χ1v) is 7.99. The lowest BCUT2D eigenvalue weighted by Gasteiger charge is -2.24. The average molecular weight is 341 g/mol. The molecular weight excluding hydrogens is 321 g/mol. The second-order valence-electron chi connectivity index (χ2n) is 6.14. The van der Waals surface area contributed by atoms with Crippen molar-refractivity contribution in [1.29, 1.82) is 0 Å². The molecule has 0 spiro atoms. The maximum atomic E-state index is 14.0. The Labute approximate surface area is 146 Å². The Bertz CT molecular complexity index is 809. The van der Waals surface area contributed by atoms with E-state index in [0.717, 1.165) is 5.69 Å². The lowest BCUT2D eigenvalue weighted by Crippen LogP contribution is -2.36. The fourth-order valence-electron chi connectivity index (χ4n) is 2.79. The molecule has 1 aliphatic rings. The highest BCUT2D eigenvalue weighted by Gasteiger charge is 2.39. The number of aliphatic imine (C=N–C) groups is 1. The van der Waals surface area contributed by atoms with E-state index in [1.165, 1.54) is 11.1 Å². The minimum absolute atomic E-state index is 0.0423. The monoisotopic (exact) mass is 341 g/mol. The molecule has 0 saturated carbocycles. The number of hydroxylamine groups is 2. The molecule has 0 N–H and O–H groups in total. The Balaban J connectivity index is 1.81. The van der Waals surface area contributed by atoms with E-state index in [4.69, 9.17) is 4.84 Å². The van der Waals surface area contributed by atoms with Gasteiger partial charge >= 0.3 is 0 Å². The fourth-order valence-corrected chi connectivity index (χ4v) is 2.79. The number of hydrogen-bond donors (Lipinski definition) is 0. The Morgan fingerprint density at radius 2 is 1.84 bits per heavy atom. The van der Waals surface area contributed by atoms with Crippen LogP contribution in [0, 0.1) is 5.82 Å². The summed E-state index contributed by atoms with van der Waals surface area (Å²) in [6.07, 6.45) is 0.0423. The number of anilines is 1. The molecule has 5 nitrogen and oxygen atoms in total. The highest BCUT2D eigenvalue weighted by Crippen LogP contribution is 2.29. The number of halogens is 1. The lowest BCUT2D eigenvalue weighted by atomic mass is 10.1. The SMILES string of the molecule is CN1OC(C)(CC(=O)N(C)c2ccccc2)N=C1c1ccccc1F. The first kappa shape index (κ1) is 17.1. The van der Waals surface area contributed by atoms with Crippen molar-refractivity contribution in [3.63, 3.8) is 0 Å². The van der Waals surface area contributed by atoms with E-state index in [-0.39, 0.29) is 18.1 Å². The van der Waals surface area contributed by atoms with E-state index in [0.29, 0.717) is 11.4 Å². The van der Waals surface area contributed by atoms with Gasteiger partial charge in [0.2, 0.25) is 5.91 Å². The zero-order chi connectivity index (χ0) is 18.0. The maximum absolute atomic E-state index is 14.0. The zero-order valence-corrected chi connectivity index (χ0v) is 14.4. The summed E-state index contributed by atoms with van der Waals surface area (Å²) >= 11 is 0. The third kappa shape index (κ3) is 3.53. The van der Waals surface area contributed by atoms with Crippen molar-refractivity contribution in [3.8, 4) is 0 Å². The van der Waals surface area contributed by atoms with Crippen LogP contribution in [0.1, 0.15) is 18.9 Å². The van der Waals surface area contributed by atoms with Crippen LogP contribution in [0.2, 0.25) is 0 Å². The lowest BCUT2D eigenvalue weighted by molar-refractivity contribution is -0.165. The standard InChI is InChI=1S/C19H20FN3O2/c1-19(13-17(24)22(2)14-9-5-4-6-10-14)21-18(23(3)25-19)15-11-7-8-12-16(15)20/h4-12H,13H2,1-3H3. The smallest absolute Gasteiger partial charge is 0.231 e. The highest BCUT2D eigenvalue weighted by molar-refractivity contribution is 6.00. The number of hydrogen-bond acceptors (Lipinski definition) is 4. The molecule has 130 valence electrons. The topological polar surface area (TPSA) is 45.1 Å². The molecule has 2 aromatic carbocycles. The number of para-hydroxylation sites is 1. The van der Waals surface area contributed by atoms with Crippen LogP contribution in [-0.4, -0.2) is 36.6 Å². The number of amidine groups is 1. The Hall–Kier alpha value is -2.73. The predicted octanol–water partition coefficient (Wildman–Crippen LogP) is 3.22. The van der Waals surface area contributed by atoms with Gasteiger partial charge in [-0.05, 0) is 31.2 Å². The molecule has 0 fully saturated rings. The molecule has 0 aromatic heterocycles. The van der Waals surface area contributed by atoms with E-state index in [9.17, 15) is 9.18 Å². The minimum Gasteiger partial charge on any atom is -0.315 e. The molecule has 6 heteroatoms. The number of nitrogens with zero attached hydrogens (tertiary/aromatic N) is 3. The largest absolute Gasteiger partial charge is 0.315 e. The summed E-state index contributed by atoms with van der Waals surface area (Å²) in [7, 11) is 3.36. The summed E-state index contributed by atoms with van der Waals surface area (Å²) < 4.78 is 14.0. The van der Waals surface area contributed by atoms with Crippen molar-refractivity contribution in [2.24, 2.45) is 4.99 Å². The average Bonchev–Trinajstić information content (AvgIpc) is 2.89. The molecule has 1 heterocycles. The van der Waals surface area contributed by atoms with E-state index < -0.39 is 5.72 Å². The minimum atomic E-state index is -1.08. The van der Waals surface area contributed by atoms with E-state index in [2.05, 4.69) is 4.99 Å².